The van der Waals surface area contributed by atoms with Gasteiger partial charge in [0.05, 0.1) is 15.6 Å². The van der Waals surface area contributed by atoms with Crippen LogP contribution in [0.15, 0.2) is 18.2 Å². The minimum Gasteiger partial charge on any atom is -0.361 e. The number of nitrogens with zero attached hydrogens (tertiary/aromatic N) is 2. The summed E-state index contributed by atoms with van der Waals surface area (Å²) < 4.78 is 0. The van der Waals surface area contributed by atoms with Gasteiger partial charge in [0.1, 0.15) is 0 Å². The molecule has 21 heavy (non-hydrogen) atoms. The van der Waals surface area contributed by atoms with Crippen LogP contribution in [0, 0.1) is 10.1 Å². The van der Waals surface area contributed by atoms with Crippen LogP contribution in [0.5, 0.6) is 0 Å². The molecular formula is C13H19ClN4O2S. The van der Waals surface area contributed by atoms with Crippen LogP contribution in [-0.2, 0) is 0 Å². The van der Waals surface area contributed by atoms with Gasteiger partial charge in [-0.1, -0.05) is 25.4 Å². The zero-order valence-corrected chi connectivity index (χ0v) is 13.6. The van der Waals surface area contributed by atoms with Gasteiger partial charge in [-0.2, -0.15) is 0 Å². The standard InChI is InChI=1S/C13H19ClN4O2S/c1-3-17(4-2)8-7-15-13(21)16-12-9-10(18(19)20)5-6-11(12)14/h5-6,9H,3-4,7-8H2,1-2H3,(H2,15,16,21). The Morgan fingerprint density at radius 1 is 1.43 bits per heavy atom. The van der Waals surface area contributed by atoms with E-state index in [4.69, 9.17) is 23.8 Å². The van der Waals surface area contributed by atoms with Crippen LogP contribution in [0.2, 0.25) is 5.02 Å². The van der Waals surface area contributed by atoms with Crippen molar-refractivity contribution in [1.82, 2.24) is 10.2 Å². The number of non-ortho nitro benzene ring substituents is 1. The van der Waals surface area contributed by atoms with E-state index >= 15 is 0 Å². The summed E-state index contributed by atoms with van der Waals surface area (Å²) in [4.78, 5) is 12.5. The quantitative estimate of drug-likeness (QED) is 0.455. The van der Waals surface area contributed by atoms with E-state index in [1.54, 1.807) is 0 Å². The van der Waals surface area contributed by atoms with Crippen molar-refractivity contribution in [2.24, 2.45) is 0 Å². The highest BCUT2D eigenvalue weighted by molar-refractivity contribution is 7.80. The van der Waals surface area contributed by atoms with Crippen molar-refractivity contribution in [3.63, 3.8) is 0 Å². The molecule has 1 aromatic rings. The highest BCUT2D eigenvalue weighted by atomic mass is 35.5. The molecule has 6 nitrogen and oxygen atoms in total. The number of thiocarbonyl (C=S) groups is 1. The molecule has 0 bridgehead atoms. The van der Waals surface area contributed by atoms with E-state index in [1.807, 2.05) is 0 Å². The normalized spacial score (nSPS) is 10.5. The summed E-state index contributed by atoms with van der Waals surface area (Å²) in [6, 6.07) is 4.19. The molecule has 0 aliphatic rings. The van der Waals surface area contributed by atoms with Gasteiger partial charge in [-0.15, -0.1) is 0 Å². The summed E-state index contributed by atoms with van der Waals surface area (Å²) in [5.74, 6) is 0. The first-order valence-corrected chi connectivity index (χ1v) is 7.47. The third-order valence-electron chi connectivity index (χ3n) is 3.02. The van der Waals surface area contributed by atoms with Gasteiger partial charge in [-0.3, -0.25) is 10.1 Å². The Bertz CT molecular complexity index is 509. The summed E-state index contributed by atoms with van der Waals surface area (Å²) in [6.07, 6.45) is 0. The molecule has 0 aromatic heterocycles. The number of nitro benzene ring substituents is 1. The molecule has 0 radical (unpaired) electrons. The number of hydrogen-bond acceptors (Lipinski definition) is 4. The zero-order valence-electron chi connectivity index (χ0n) is 12.1. The summed E-state index contributed by atoms with van der Waals surface area (Å²) >= 11 is 11.2. The molecule has 116 valence electrons. The van der Waals surface area contributed by atoms with E-state index < -0.39 is 4.92 Å². The van der Waals surface area contributed by atoms with E-state index in [9.17, 15) is 10.1 Å². The molecule has 0 saturated carbocycles. The molecule has 0 aliphatic carbocycles. The molecule has 2 N–H and O–H groups in total. The van der Waals surface area contributed by atoms with E-state index in [2.05, 4.69) is 29.4 Å². The van der Waals surface area contributed by atoms with Crippen molar-refractivity contribution in [3.8, 4) is 0 Å². The van der Waals surface area contributed by atoms with Gasteiger partial charge in [0.2, 0.25) is 0 Å². The topological polar surface area (TPSA) is 70.4 Å². The lowest BCUT2D eigenvalue weighted by Gasteiger charge is -2.19. The fourth-order valence-electron chi connectivity index (χ4n) is 1.76. The molecule has 0 atom stereocenters. The van der Waals surface area contributed by atoms with Crippen molar-refractivity contribution in [3.05, 3.63) is 33.3 Å². The van der Waals surface area contributed by atoms with Gasteiger partial charge in [0.15, 0.2) is 5.11 Å². The number of halogens is 1. The van der Waals surface area contributed by atoms with Crippen LogP contribution in [0.3, 0.4) is 0 Å². The first-order chi connectivity index (χ1) is 9.97. The molecule has 1 aromatic carbocycles. The Labute approximate surface area is 134 Å². The van der Waals surface area contributed by atoms with Gasteiger partial charge in [0, 0.05) is 25.2 Å². The van der Waals surface area contributed by atoms with Crippen LogP contribution in [0.1, 0.15) is 13.8 Å². The number of nitro groups is 1. The van der Waals surface area contributed by atoms with Crippen LogP contribution >= 0.6 is 23.8 Å². The number of nitrogens with one attached hydrogen (secondary N) is 2. The Balaban J connectivity index is 2.55. The summed E-state index contributed by atoms with van der Waals surface area (Å²) in [7, 11) is 0. The Kier molecular flexibility index (Phi) is 7.35. The van der Waals surface area contributed by atoms with Gasteiger partial charge < -0.3 is 15.5 Å². The molecule has 8 heteroatoms. The number of hydrogen-bond donors (Lipinski definition) is 2. The lowest BCUT2D eigenvalue weighted by molar-refractivity contribution is -0.384. The van der Waals surface area contributed by atoms with Crippen molar-refractivity contribution in [1.29, 1.82) is 0 Å². The fraction of sp³-hybridized carbons (Fsp3) is 0.462. The van der Waals surface area contributed by atoms with E-state index in [-0.39, 0.29) is 5.69 Å². The van der Waals surface area contributed by atoms with Gasteiger partial charge in [-0.05, 0) is 31.4 Å². The number of benzene rings is 1. The molecule has 0 unspecified atom stereocenters. The molecular weight excluding hydrogens is 312 g/mol. The third-order valence-corrected chi connectivity index (χ3v) is 3.59. The lowest BCUT2D eigenvalue weighted by atomic mass is 10.3. The van der Waals surface area contributed by atoms with Gasteiger partial charge in [0.25, 0.3) is 5.69 Å². The summed E-state index contributed by atoms with van der Waals surface area (Å²) in [5, 5.41) is 17.5. The van der Waals surface area contributed by atoms with Crippen molar-refractivity contribution >= 4 is 40.3 Å². The van der Waals surface area contributed by atoms with Crippen LogP contribution < -0.4 is 10.6 Å². The van der Waals surface area contributed by atoms with Gasteiger partial charge in [-0.25, -0.2) is 0 Å². The second-order valence-corrected chi connectivity index (χ2v) is 5.14. The first-order valence-electron chi connectivity index (χ1n) is 6.69. The molecule has 0 saturated heterocycles. The molecule has 0 heterocycles. The largest absolute Gasteiger partial charge is 0.361 e. The molecule has 0 spiro atoms. The highest BCUT2D eigenvalue weighted by Crippen LogP contribution is 2.26. The van der Waals surface area contributed by atoms with E-state index in [1.165, 1.54) is 18.2 Å². The van der Waals surface area contributed by atoms with Gasteiger partial charge >= 0.3 is 0 Å². The molecule has 0 aliphatic heterocycles. The molecule has 0 fully saturated rings. The van der Waals surface area contributed by atoms with Crippen molar-refractivity contribution in [2.45, 2.75) is 13.8 Å². The Morgan fingerprint density at radius 3 is 2.67 bits per heavy atom. The van der Waals surface area contributed by atoms with E-state index in [0.717, 1.165) is 19.6 Å². The molecule has 0 amide bonds. The molecule has 1 rings (SSSR count). The maximum absolute atomic E-state index is 10.7. The predicted molar refractivity (Wildman–Crippen MR) is 90.1 cm³/mol. The first kappa shape index (κ1) is 17.6. The van der Waals surface area contributed by atoms with E-state index in [0.29, 0.717) is 22.4 Å². The average Bonchev–Trinajstić information content (AvgIpc) is 2.45. The Hall–Kier alpha value is -1.44. The lowest BCUT2D eigenvalue weighted by Crippen LogP contribution is -2.36. The fourth-order valence-corrected chi connectivity index (χ4v) is 2.13. The number of rotatable bonds is 7. The van der Waals surface area contributed by atoms with Crippen LogP contribution in [-0.4, -0.2) is 41.1 Å². The smallest absolute Gasteiger partial charge is 0.271 e. The third kappa shape index (κ3) is 5.82. The van der Waals surface area contributed by atoms with Crippen LogP contribution in [0.25, 0.3) is 0 Å². The van der Waals surface area contributed by atoms with Crippen molar-refractivity contribution < 1.29 is 4.92 Å². The minimum atomic E-state index is -0.474. The highest BCUT2D eigenvalue weighted by Gasteiger charge is 2.10. The average molecular weight is 331 g/mol. The SMILES string of the molecule is CCN(CC)CCNC(=S)Nc1cc([N+](=O)[O-])ccc1Cl. The maximum Gasteiger partial charge on any atom is 0.271 e. The monoisotopic (exact) mass is 330 g/mol. The van der Waals surface area contributed by atoms with Crippen molar-refractivity contribution in [2.75, 3.05) is 31.5 Å². The minimum absolute atomic E-state index is 0.0344. The Morgan fingerprint density at radius 2 is 2.10 bits per heavy atom. The summed E-state index contributed by atoms with van der Waals surface area (Å²) in [5.41, 5.74) is 0.388. The second kappa shape index (κ2) is 8.76. The summed E-state index contributed by atoms with van der Waals surface area (Å²) in [6.45, 7) is 7.73. The number of likely N-dealkylation sites (N-methyl/N-ethyl adjacent to an activating group) is 1. The number of anilines is 1. The predicted octanol–water partition coefficient (Wildman–Crippen LogP) is 2.88. The van der Waals surface area contributed by atoms with Crippen LogP contribution in [0.4, 0.5) is 11.4 Å². The second-order valence-electron chi connectivity index (χ2n) is 4.33. The zero-order chi connectivity index (χ0) is 15.8. The maximum atomic E-state index is 10.7.